The molecule has 1 aliphatic rings. The molecule has 3 nitrogen and oxygen atoms in total. The minimum Gasteiger partial charge on any atom is -0.338 e. The molecule has 0 spiro atoms. The molecule has 0 radical (unpaired) electrons. The predicted octanol–water partition coefficient (Wildman–Crippen LogP) is 2.80. The lowest BCUT2D eigenvalue weighted by molar-refractivity contribution is 0.0777. The first-order chi connectivity index (χ1) is 8.47. The van der Waals surface area contributed by atoms with Crippen LogP contribution in [0.2, 0.25) is 10.0 Å². The number of likely N-dealkylation sites (tertiary alicyclic amines) is 1. The van der Waals surface area contributed by atoms with Crippen LogP contribution in [0, 0.1) is 5.41 Å². The lowest BCUT2D eigenvalue weighted by Crippen LogP contribution is -2.34. The Morgan fingerprint density at radius 1 is 1.50 bits per heavy atom. The monoisotopic (exact) mass is 286 g/mol. The average Bonchev–Trinajstić information content (AvgIpc) is 2.75. The smallest absolute Gasteiger partial charge is 0.255 e. The zero-order valence-electron chi connectivity index (χ0n) is 10.2. The van der Waals surface area contributed by atoms with Gasteiger partial charge in [0.1, 0.15) is 0 Å². The maximum Gasteiger partial charge on any atom is 0.255 e. The summed E-state index contributed by atoms with van der Waals surface area (Å²) < 4.78 is 0. The Hall–Kier alpha value is -0.770. The van der Waals surface area contributed by atoms with Crippen LogP contribution < -0.4 is 5.73 Å². The number of nitrogens with two attached hydrogens (primary N) is 1. The summed E-state index contributed by atoms with van der Waals surface area (Å²) >= 11 is 12.0. The molecule has 2 rings (SSSR count). The molecule has 1 saturated heterocycles. The third-order valence-electron chi connectivity index (χ3n) is 3.52. The first kappa shape index (κ1) is 13.7. The van der Waals surface area contributed by atoms with E-state index in [0.29, 0.717) is 28.7 Å². The second-order valence-corrected chi connectivity index (χ2v) is 5.88. The molecule has 0 aliphatic carbocycles. The van der Waals surface area contributed by atoms with Gasteiger partial charge in [-0.05, 0) is 30.5 Å². The van der Waals surface area contributed by atoms with Gasteiger partial charge < -0.3 is 10.6 Å². The van der Waals surface area contributed by atoms with Crippen LogP contribution >= 0.6 is 23.2 Å². The van der Waals surface area contributed by atoms with Crippen molar-refractivity contribution in [1.29, 1.82) is 0 Å². The number of hydrogen-bond donors (Lipinski definition) is 1. The summed E-state index contributed by atoms with van der Waals surface area (Å²) in [6, 6.07) is 5.11. The summed E-state index contributed by atoms with van der Waals surface area (Å²) in [5.74, 6) is -0.0697. The molecule has 0 saturated carbocycles. The quantitative estimate of drug-likeness (QED) is 0.909. The fourth-order valence-corrected chi connectivity index (χ4v) is 2.58. The fraction of sp³-hybridized carbons (Fsp3) is 0.462. The minimum atomic E-state index is -0.0697. The highest BCUT2D eigenvalue weighted by molar-refractivity contribution is 6.43. The molecule has 0 aromatic heterocycles. The predicted molar refractivity (Wildman–Crippen MR) is 74.1 cm³/mol. The third-order valence-corrected chi connectivity index (χ3v) is 4.34. The van der Waals surface area contributed by atoms with Crippen LogP contribution in [0.4, 0.5) is 0 Å². The van der Waals surface area contributed by atoms with Crippen LogP contribution in [0.3, 0.4) is 0 Å². The second kappa shape index (κ2) is 5.08. The average molecular weight is 287 g/mol. The maximum absolute atomic E-state index is 12.4. The van der Waals surface area contributed by atoms with E-state index in [1.54, 1.807) is 23.1 Å². The van der Waals surface area contributed by atoms with E-state index >= 15 is 0 Å². The number of halogens is 2. The molecule has 1 fully saturated rings. The largest absolute Gasteiger partial charge is 0.338 e. The van der Waals surface area contributed by atoms with Crippen molar-refractivity contribution < 1.29 is 4.79 Å². The Labute approximate surface area is 117 Å². The van der Waals surface area contributed by atoms with E-state index < -0.39 is 0 Å². The van der Waals surface area contributed by atoms with Gasteiger partial charge in [-0.25, -0.2) is 0 Å². The van der Waals surface area contributed by atoms with Crippen LogP contribution in [0.1, 0.15) is 23.7 Å². The maximum atomic E-state index is 12.4. The molecule has 18 heavy (non-hydrogen) atoms. The lowest BCUT2D eigenvalue weighted by Gasteiger charge is -2.23. The van der Waals surface area contributed by atoms with Crippen LogP contribution in [-0.4, -0.2) is 30.4 Å². The van der Waals surface area contributed by atoms with Crippen molar-refractivity contribution in [1.82, 2.24) is 4.90 Å². The molecular weight excluding hydrogens is 271 g/mol. The van der Waals surface area contributed by atoms with Crippen molar-refractivity contribution in [3.8, 4) is 0 Å². The highest BCUT2D eigenvalue weighted by Gasteiger charge is 2.35. The van der Waals surface area contributed by atoms with Crippen LogP contribution in [0.25, 0.3) is 0 Å². The standard InChI is InChI=1S/C13H16Cl2N2O/c1-13(7-16)5-6-17(8-13)12(18)9-3-2-4-10(14)11(9)15/h2-4H,5-8,16H2,1H3. The summed E-state index contributed by atoms with van der Waals surface area (Å²) in [5, 5.41) is 0.730. The number of carbonyl (C=O) groups is 1. The van der Waals surface area contributed by atoms with E-state index in [0.717, 1.165) is 13.0 Å². The summed E-state index contributed by atoms with van der Waals surface area (Å²) in [5.41, 5.74) is 6.22. The number of benzene rings is 1. The van der Waals surface area contributed by atoms with Crippen LogP contribution in [0.5, 0.6) is 0 Å². The van der Waals surface area contributed by atoms with Crippen LogP contribution in [0.15, 0.2) is 18.2 Å². The molecule has 1 aromatic carbocycles. The SMILES string of the molecule is CC1(CN)CCN(C(=O)c2cccc(Cl)c2Cl)C1. The van der Waals surface area contributed by atoms with E-state index in [1.165, 1.54) is 0 Å². The molecule has 0 bridgehead atoms. The molecule has 1 atom stereocenters. The summed E-state index contributed by atoms with van der Waals surface area (Å²) in [4.78, 5) is 14.2. The van der Waals surface area contributed by atoms with Crippen LogP contribution in [-0.2, 0) is 0 Å². The molecule has 1 unspecified atom stereocenters. The first-order valence-corrected chi connectivity index (χ1v) is 6.66. The summed E-state index contributed by atoms with van der Waals surface area (Å²) in [6.45, 7) is 4.07. The Morgan fingerprint density at radius 3 is 2.83 bits per heavy atom. The van der Waals surface area contributed by atoms with E-state index in [2.05, 4.69) is 6.92 Å². The van der Waals surface area contributed by atoms with Gasteiger partial charge in [-0.3, -0.25) is 4.79 Å². The Balaban J connectivity index is 2.21. The molecular formula is C13H16Cl2N2O. The zero-order chi connectivity index (χ0) is 13.3. The van der Waals surface area contributed by atoms with E-state index in [4.69, 9.17) is 28.9 Å². The number of nitrogens with zero attached hydrogens (tertiary/aromatic N) is 1. The number of rotatable bonds is 2. The number of amides is 1. The van der Waals surface area contributed by atoms with Crippen molar-refractivity contribution in [2.75, 3.05) is 19.6 Å². The molecule has 1 aliphatic heterocycles. The fourth-order valence-electron chi connectivity index (χ4n) is 2.20. The molecule has 5 heteroatoms. The highest BCUT2D eigenvalue weighted by Crippen LogP contribution is 2.32. The summed E-state index contributed by atoms with van der Waals surface area (Å²) in [7, 11) is 0. The minimum absolute atomic E-state index is 0.0146. The van der Waals surface area contributed by atoms with E-state index in [-0.39, 0.29) is 11.3 Å². The normalized spacial score (nSPS) is 23.4. The van der Waals surface area contributed by atoms with Crippen molar-refractivity contribution in [3.05, 3.63) is 33.8 Å². The molecule has 1 amide bonds. The van der Waals surface area contributed by atoms with Crippen molar-refractivity contribution >= 4 is 29.1 Å². The Bertz CT molecular complexity index is 478. The molecule has 98 valence electrons. The van der Waals surface area contributed by atoms with Gasteiger partial charge >= 0.3 is 0 Å². The highest BCUT2D eigenvalue weighted by atomic mass is 35.5. The summed E-state index contributed by atoms with van der Waals surface area (Å²) in [6.07, 6.45) is 0.924. The zero-order valence-corrected chi connectivity index (χ0v) is 11.8. The number of carbonyl (C=O) groups excluding carboxylic acids is 1. The van der Waals surface area contributed by atoms with E-state index in [1.807, 2.05) is 0 Å². The third kappa shape index (κ3) is 2.48. The molecule has 1 aromatic rings. The Kier molecular flexibility index (Phi) is 3.85. The van der Waals surface area contributed by atoms with Crippen molar-refractivity contribution in [2.24, 2.45) is 11.1 Å². The van der Waals surface area contributed by atoms with Gasteiger partial charge in [-0.1, -0.05) is 36.2 Å². The van der Waals surface area contributed by atoms with Gasteiger partial charge in [0, 0.05) is 13.1 Å². The van der Waals surface area contributed by atoms with Crippen molar-refractivity contribution in [2.45, 2.75) is 13.3 Å². The van der Waals surface area contributed by atoms with Gasteiger partial charge in [0.2, 0.25) is 0 Å². The second-order valence-electron chi connectivity index (χ2n) is 5.09. The van der Waals surface area contributed by atoms with Gasteiger partial charge in [0.05, 0.1) is 15.6 Å². The number of hydrogen-bond acceptors (Lipinski definition) is 2. The van der Waals surface area contributed by atoms with Gasteiger partial charge in [0.25, 0.3) is 5.91 Å². The van der Waals surface area contributed by atoms with E-state index in [9.17, 15) is 4.79 Å². The van der Waals surface area contributed by atoms with Gasteiger partial charge in [0.15, 0.2) is 0 Å². The first-order valence-electron chi connectivity index (χ1n) is 5.90. The molecule has 1 heterocycles. The van der Waals surface area contributed by atoms with Gasteiger partial charge in [-0.15, -0.1) is 0 Å². The molecule has 2 N–H and O–H groups in total. The topological polar surface area (TPSA) is 46.3 Å². The van der Waals surface area contributed by atoms with Gasteiger partial charge in [-0.2, -0.15) is 0 Å². The Morgan fingerprint density at radius 2 is 2.22 bits per heavy atom. The lowest BCUT2D eigenvalue weighted by atomic mass is 9.90. The van der Waals surface area contributed by atoms with Crippen molar-refractivity contribution in [3.63, 3.8) is 0 Å².